The van der Waals surface area contributed by atoms with Crippen LogP contribution in [0.1, 0.15) is 144 Å². The Hall–Kier alpha value is -7.94. The van der Waals surface area contributed by atoms with Crippen LogP contribution in [0.5, 0.6) is 0 Å². The summed E-state index contributed by atoms with van der Waals surface area (Å²) in [5.74, 6) is 1.25. The van der Waals surface area contributed by atoms with Gasteiger partial charge < -0.3 is 9.80 Å². The van der Waals surface area contributed by atoms with Gasteiger partial charge in [0.15, 0.2) is 0 Å². The van der Waals surface area contributed by atoms with Gasteiger partial charge in [-0.05, 0) is 216 Å². The molecule has 408 valence electrons. The number of hydrogen-bond donors (Lipinski definition) is 0. The quantitative estimate of drug-likeness (QED) is 0.150. The van der Waals surface area contributed by atoms with Crippen molar-refractivity contribution in [1.82, 2.24) is 0 Å². The molecule has 0 heterocycles. The average molecular weight is 1070 g/mol. The lowest BCUT2D eigenvalue weighted by atomic mass is 9.70. The SMILES string of the molecule is CC1(C)c2cc(-c3cc4c(c5c3CCC=C5)-c3ccccc3C(c3ccc5c(c3)C(C)(C)c3cc(N(C6=CCC(C(C)(C)C)C=C6)c6ccccc6)ccc3-5)C4)ccc2-c2ccc(N(C3=CCC(C(C)(C)C)C=C3)c3ccccc3)cc21. The highest BCUT2D eigenvalue weighted by Gasteiger charge is 2.40. The maximum Gasteiger partial charge on any atom is 0.0464 e. The van der Waals surface area contributed by atoms with Crippen LogP contribution in [0.3, 0.4) is 0 Å². The number of anilines is 4. The van der Waals surface area contributed by atoms with Gasteiger partial charge in [0.2, 0.25) is 0 Å². The van der Waals surface area contributed by atoms with Crippen LogP contribution in [-0.2, 0) is 23.7 Å². The summed E-state index contributed by atoms with van der Waals surface area (Å²) < 4.78 is 0. The maximum atomic E-state index is 2.62. The molecule has 2 heteroatoms. The third-order valence-electron chi connectivity index (χ3n) is 19.9. The molecule has 0 amide bonds. The molecule has 0 radical (unpaired) electrons. The van der Waals surface area contributed by atoms with Crippen LogP contribution >= 0.6 is 0 Å². The highest BCUT2D eigenvalue weighted by Crippen LogP contribution is 2.56. The highest BCUT2D eigenvalue weighted by molar-refractivity contribution is 5.92. The summed E-state index contributed by atoms with van der Waals surface area (Å²) in [7, 11) is 0. The van der Waals surface area contributed by atoms with Crippen LogP contribution in [0.2, 0.25) is 0 Å². The first-order valence-electron chi connectivity index (χ1n) is 30.4. The van der Waals surface area contributed by atoms with E-state index in [9.17, 15) is 0 Å². The van der Waals surface area contributed by atoms with Gasteiger partial charge in [0.05, 0.1) is 0 Å². The van der Waals surface area contributed by atoms with E-state index in [-0.39, 0.29) is 27.6 Å². The predicted molar refractivity (Wildman–Crippen MR) is 349 cm³/mol. The lowest BCUT2D eigenvalue weighted by molar-refractivity contribution is 0.293. The number of rotatable bonds is 8. The summed E-state index contributed by atoms with van der Waals surface area (Å²) in [6.45, 7) is 23.9. The predicted octanol–water partition coefficient (Wildman–Crippen LogP) is 21.6. The van der Waals surface area contributed by atoms with Gasteiger partial charge in [-0.15, -0.1) is 0 Å². The average Bonchev–Trinajstić information content (AvgIpc) is 4.04. The van der Waals surface area contributed by atoms with Crippen LogP contribution in [0.4, 0.5) is 22.7 Å². The summed E-state index contributed by atoms with van der Waals surface area (Å²) in [6, 6.07) is 63.2. The molecular formula is C80H78N2. The molecule has 0 aliphatic heterocycles. The Morgan fingerprint density at radius 3 is 1.49 bits per heavy atom. The van der Waals surface area contributed by atoms with Gasteiger partial charge >= 0.3 is 0 Å². The first-order chi connectivity index (χ1) is 39.4. The van der Waals surface area contributed by atoms with Crippen LogP contribution in [0.15, 0.2) is 218 Å². The second-order valence-electron chi connectivity index (χ2n) is 27.6. The monoisotopic (exact) mass is 1070 g/mol. The van der Waals surface area contributed by atoms with Gasteiger partial charge in [0.25, 0.3) is 0 Å². The first-order valence-corrected chi connectivity index (χ1v) is 30.4. The third kappa shape index (κ3) is 8.57. The molecule has 0 fully saturated rings. The molecule has 0 saturated heterocycles. The molecule has 82 heavy (non-hydrogen) atoms. The molecule has 3 unspecified atom stereocenters. The topological polar surface area (TPSA) is 6.48 Å². The van der Waals surface area contributed by atoms with Crippen molar-refractivity contribution in [2.45, 2.75) is 118 Å². The van der Waals surface area contributed by atoms with Crippen LogP contribution < -0.4 is 9.80 Å². The molecule has 0 N–H and O–H groups in total. The number of allylic oxidation sites excluding steroid dienone is 7. The van der Waals surface area contributed by atoms with E-state index < -0.39 is 0 Å². The smallest absolute Gasteiger partial charge is 0.0464 e. The fourth-order valence-corrected chi connectivity index (χ4v) is 15.1. The Bertz CT molecular complexity index is 4040. The Labute approximate surface area is 489 Å². The molecule has 0 aromatic heterocycles. The molecule has 14 rings (SSSR count). The van der Waals surface area contributed by atoms with Gasteiger partial charge in [-0.1, -0.05) is 215 Å². The molecule has 8 aromatic carbocycles. The van der Waals surface area contributed by atoms with Gasteiger partial charge in [-0.25, -0.2) is 0 Å². The molecule has 3 atom stereocenters. The van der Waals surface area contributed by atoms with Crippen molar-refractivity contribution in [2.75, 3.05) is 9.80 Å². The van der Waals surface area contributed by atoms with Gasteiger partial charge in [0.1, 0.15) is 0 Å². The number of para-hydroxylation sites is 2. The van der Waals surface area contributed by atoms with Gasteiger partial charge in [-0.3, -0.25) is 0 Å². The van der Waals surface area contributed by atoms with E-state index in [1.165, 1.54) is 129 Å². The molecule has 0 saturated carbocycles. The van der Waals surface area contributed by atoms with E-state index in [0.29, 0.717) is 11.8 Å². The Morgan fingerprint density at radius 2 is 0.951 bits per heavy atom. The summed E-state index contributed by atoms with van der Waals surface area (Å²) in [4.78, 5) is 4.93. The van der Waals surface area contributed by atoms with Crippen molar-refractivity contribution in [1.29, 1.82) is 0 Å². The van der Waals surface area contributed by atoms with Crippen molar-refractivity contribution in [2.24, 2.45) is 22.7 Å². The zero-order valence-electron chi connectivity index (χ0n) is 49.9. The minimum absolute atomic E-state index is 0.194. The Kier molecular flexibility index (Phi) is 12.3. The zero-order chi connectivity index (χ0) is 56.5. The molecule has 2 nitrogen and oxygen atoms in total. The first kappa shape index (κ1) is 52.2. The van der Waals surface area contributed by atoms with Crippen molar-refractivity contribution >= 4 is 28.8 Å². The zero-order valence-corrected chi connectivity index (χ0v) is 49.9. The summed E-state index contributed by atoms with van der Waals surface area (Å²) in [6.07, 6.45) is 24.5. The van der Waals surface area contributed by atoms with E-state index in [1.807, 2.05) is 0 Å². The van der Waals surface area contributed by atoms with Crippen LogP contribution in [0, 0.1) is 22.7 Å². The van der Waals surface area contributed by atoms with E-state index in [4.69, 9.17) is 0 Å². The number of nitrogens with zero attached hydrogens (tertiary/aromatic N) is 2. The Morgan fingerprint density at radius 1 is 0.451 bits per heavy atom. The van der Waals surface area contributed by atoms with E-state index in [2.05, 4.69) is 291 Å². The third-order valence-corrected chi connectivity index (χ3v) is 19.9. The second kappa shape index (κ2) is 19.3. The molecule has 0 bridgehead atoms. The number of benzene rings is 8. The van der Waals surface area contributed by atoms with Crippen molar-refractivity contribution in [3.63, 3.8) is 0 Å². The van der Waals surface area contributed by atoms with Gasteiger partial charge in [0, 0.05) is 50.9 Å². The second-order valence-corrected chi connectivity index (χ2v) is 27.6. The summed E-state index contributed by atoms with van der Waals surface area (Å²) in [5, 5.41) is 0. The molecule has 6 aliphatic carbocycles. The summed E-state index contributed by atoms with van der Waals surface area (Å²) in [5.41, 5.74) is 31.1. The minimum Gasteiger partial charge on any atom is -0.311 e. The molecular weight excluding hydrogens is 989 g/mol. The lowest BCUT2D eigenvalue weighted by Gasteiger charge is -2.34. The number of fused-ring (bicyclic) bond motifs is 11. The van der Waals surface area contributed by atoms with E-state index >= 15 is 0 Å². The minimum atomic E-state index is -0.199. The largest absolute Gasteiger partial charge is 0.311 e. The number of hydrogen-bond acceptors (Lipinski definition) is 2. The molecule has 8 aromatic rings. The van der Waals surface area contributed by atoms with Crippen molar-refractivity contribution in [3.05, 3.63) is 268 Å². The summed E-state index contributed by atoms with van der Waals surface area (Å²) >= 11 is 0. The molecule has 6 aliphatic rings. The lowest BCUT2D eigenvalue weighted by Crippen LogP contribution is -2.23. The van der Waals surface area contributed by atoms with Crippen molar-refractivity contribution in [3.8, 4) is 44.5 Å². The van der Waals surface area contributed by atoms with E-state index in [1.54, 1.807) is 0 Å². The van der Waals surface area contributed by atoms with Gasteiger partial charge in [-0.2, -0.15) is 0 Å². The highest BCUT2D eigenvalue weighted by atomic mass is 15.2. The van der Waals surface area contributed by atoms with Crippen molar-refractivity contribution < 1.29 is 0 Å². The normalized spacial score (nSPS) is 19.4. The molecule has 0 spiro atoms. The standard InChI is InChI=1S/C80H78N2/c1-77(2,3)54-31-35-58(36-32-54)81(56-21-13-11-14-22-56)60-39-43-66-64-41-29-51(47-72(64)79(7,8)74(66)49-60)70-45-53-46-71(63-26-18-20-28-69(63)76(53)68-27-19-17-25-62(68)70)52-30-42-65-67-44-40-61(50-75(67)80(9,10)73(65)48-52)82(57-23-15-12-16-24-57)59-37-33-55(34-38-59)78(4,5)6/h11-17,19-25,27-31,33,35-44,46-50,54-55,70H,18,26,32,34,45H2,1-10H3. The fourth-order valence-electron chi connectivity index (χ4n) is 15.1. The fraction of sp³-hybridized carbons (Fsp3) is 0.275. The maximum absolute atomic E-state index is 2.62. The van der Waals surface area contributed by atoms with E-state index in [0.717, 1.165) is 32.1 Å². The van der Waals surface area contributed by atoms with Crippen LogP contribution in [0.25, 0.3) is 50.6 Å². The van der Waals surface area contributed by atoms with Crippen LogP contribution in [-0.4, -0.2) is 0 Å². The Balaban J connectivity index is 0.806.